The lowest BCUT2D eigenvalue weighted by atomic mass is 10.1. The van der Waals surface area contributed by atoms with Crippen LogP contribution in [0.1, 0.15) is 0 Å². The van der Waals surface area contributed by atoms with E-state index < -0.39 is 27.6 Å². The highest BCUT2D eigenvalue weighted by molar-refractivity contribution is 7.88. The van der Waals surface area contributed by atoms with E-state index in [0.29, 0.717) is 5.69 Å². The molecule has 1 amide bonds. The molecule has 23 heavy (non-hydrogen) atoms. The number of anilines is 1. The molecule has 0 saturated heterocycles. The minimum atomic E-state index is -3.48. The Morgan fingerprint density at radius 1 is 1.26 bits per heavy atom. The molecule has 0 fully saturated rings. The molecule has 2 aromatic rings. The van der Waals surface area contributed by atoms with Crippen LogP contribution >= 0.6 is 0 Å². The van der Waals surface area contributed by atoms with Gasteiger partial charge in [0.2, 0.25) is 15.9 Å². The molecule has 7 nitrogen and oxygen atoms in total. The number of H-pyrrole nitrogens is 1. The fourth-order valence-electron chi connectivity index (χ4n) is 1.74. The standard InChI is InChI=1S/C13H14F2N4O3S/c1-19(23(2,21)22)7-13(20)16-12-6-11(17-18-12)8-3-9(14)5-10(15)4-8/h3-6H,7H2,1-2H3,(H2,16,17,18,20). The molecule has 0 atom stereocenters. The zero-order valence-electron chi connectivity index (χ0n) is 12.3. The molecule has 1 aromatic heterocycles. The van der Waals surface area contributed by atoms with E-state index in [2.05, 4.69) is 15.5 Å². The highest BCUT2D eigenvalue weighted by atomic mass is 32.2. The summed E-state index contributed by atoms with van der Waals surface area (Å²) in [6, 6.07) is 4.34. The third-order valence-corrected chi connectivity index (χ3v) is 4.21. The predicted octanol–water partition coefficient (Wildman–Crippen LogP) is 1.18. The Bertz CT molecular complexity index is 815. The van der Waals surface area contributed by atoms with Gasteiger partial charge in [0.25, 0.3) is 0 Å². The van der Waals surface area contributed by atoms with Gasteiger partial charge >= 0.3 is 0 Å². The van der Waals surface area contributed by atoms with Crippen LogP contribution in [-0.4, -0.2) is 48.7 Å². The number of aromatic amines is 1. The van der Waals surface area contributed by atoms with Crippen molar-refractivity contribution in [1.29, 1.82) is 0 Å². The summed E-state index contributed by atoms with van der Waals surface area (Å²) in [7, 11) is -2.21. The Labute approximate surface area is 131 Å². The largest absolute Gasteiger partial charge is 0.308 e. The number of nitrogens with zero attached hydrogens (tertiary/aromatic N) is 2. The highest BCUT2D eigenvalue weighted by Crippen LogP contribution is 2.21. The maximum Gasteiger partial charge on any atom is 0.240 e. The maximum atomic E-state index is 13.2. The minimum Gasteiger partial charge on any atom is -0.308 e. The number of hydrogen-bond acceptors (Lipinski definition) is 4. The van der Waals surface area contributed by atoms with E-state index in [1.165, 1.54) is 13.1 Å². The maximum absolute atomic E-state index is 13.2. The van der Waals surface area contributed by atoms with Gasteiger partial charge in [-0.25, -0.2) is 17.2 Å². The SMILES string of the molecule is CN(CC(=O)Nc1cc(-c2cc(F)cc(F)c2)[nH]n1)S(C)(=O)=O. The van der Waals surface area contributed by atoms with Crippen LogP contribution in [0.15, 0.2) is 24.3 Å². The van der Waals surface area contributed by atoms with Crippen molar-refractivity contribution in [3.63, 3.8) is 0 Å². The van der Waals surface area contributed by atoms with Gasteiger partial charge < -0.3 is 5.32 Å². The van der Waals surface area contributed by atoms with Gasteiger partial charge in [0.1, 0.15) is 11.6 Å². The van der Waals surface area contributed by atoms with Gasteiger partial charge in [-0.3, -0.25) is 9.89 Å². The number of sulfonamides is 1. The number of aromatic nitrogens is 2. The van der Waals surface area contributed by atoms with Gasteiger partial charge in [-0.2, -0.15) is 9.40 Å². The van der Waals surface area contributed by atoms with Crippen molar-refractivity contribution in [2.45, 2.75) is 0 Å². The number of carbonyl (C=O) groups excluding carboxylic acids is 1. The number of halogens is 2. The molecule has 124 valence electrons. The molecule has 10 heteroatoms. The summed E-state index contributed by atoms with van der Waals surface area (Å²) in [5, 5.41) is 8.72. The van der Waals surface area contributed by atoms with Crippen LogP contribution in [-0.2, 0) is 14.8 Å². The third kappa shape index (κ3) is 4.57. The number of rotatable bonds is 5. The second kappa shape index (κ2) is 6.42. The van der Waals surface area contributed by atoms with E-state index in [4.69, 9.17) is 0 Å². The van der Waals surface area contributed by atoms with Gasteiger partial charge in [-0.15, -0.1) is 0 Å². The normalized spacial score (nSPS) is 11.7. The number of hydrogen-bond donors (Lipinski definition) is 2. The molecule has 0 saturated carbocycles. The Kier molecular flexibility index (Phi) is 4.76. The van der Waals surface area contributed by atoms with Crippen LogP contribution in [0.2, 0.25) is 0 Å². The van der Waals surface area contributed by atoms with Crippen molar-refractivity contribution in [2.75, 3.05) is 25.2 Å². The van der Waals surface area contributed by atoms with Crippen molar-refractivity contribution >= 4 is 21.7 Å². The van der Waals surface area contributed by atoms with E-state index in [9.17, 15) is 22.0 Å². The van der Waals surface area contributed by atoms with Crippen LogP contribution in [0, 0.1) is 11.6 Å². The number of likely N-dealkylation sites (N-methyl/N-ethyl adjacent to an activating group) is 1. The molecule has 0 aliphatic rings. The molecule has 0 bridgehead atoms. The first kappa shape index (κ1) is 17.0. The third-order valence-electron chi connectivity index (χ3n) is 2.95. The van der Waals surface area contributed by atoms with Crippen LogP contribution < -0.4 is 5.32 Å². The smallest absolute Gasteiger partial charge is 0.240 e. The summed E-state index contributed by atoms with van der Waals surface area (Å²) in [4.78, 5) is 11.7. The second-order valence-corrected chi connectivity index (χ2v) is 6.98. The van der Waals surface area contributed by atoms with Gasteiger partial charge in [-0.1, -0.05) is 0 Å². The first-order valence-corrected chi connectivity index (χ1v) is 8.23. The van der Waals surface area contributed by atoms with Crippen molar-refractivity contribution in [2.24, 2.45) is 0 Å². The molecule has 0 unspecified atom stereocenters. The van der Waals surface area contributed by atoms with Crippen LogP contribution in [0.25, 0.3) is 11.3 Å². The summed E-state index contributed by atoms with van der Waals surface area (Å²) in [6.45, 7) is -0.379. The lowest BCUT2D eigenvalue weighted by Crippen LogP contribution is -2.34. The summed E-state index contributed by atoms with van der Waals surface area (Å²) in [6.07, 6.45) is 0.978. The number of amides is 1. The van der Waals surface area contributed by atoms with E-state index in [-0.39, 0.29) is 17.9 Å². The van der Waals surface area contributed by atoms with Gasteiger partial charge in [0.05, 0.1) is 18.5 Å². The summed E-state index contributed by atoms with van der Waals surface area (Å²) in [5.41, 5.74) is 0.527. The zero-order valence-corrected chi connectivity index (χ0v) is 13.1. The average Bonchev–Trinajstić information content (AvgIpc) is 2.84. The number of nitrogens with one attached hydrogen (secondary N) is 2. The molecular weight excluding hydrogens is 330 g/mol. The first-order chi connectivity index (χ1) is 10.6. The van der Waals surface area contributed by atoms with Gasteiger partial charge in [0.15, 0.2) is 5.82 Å². The van der Waals surface area contributed by atoms with Crippen molar-refractivity contribution in [3.05, 3.63) is 35.9 Å². The molecule has 0 spiro atoms. The lowest BCUT2D eigenvalue weighted by molar-refractivity contribution is -0.116. The van der Waals surface area contributed by atoms with E-state index in [1.54, 1.807) is 0 Å². The van der Waals surface area contributed by atoms with Crippen LogP contribution in [0.5, 0.6) is 0 Å². The van der Waals surface area contributed by atoms with Gasteiger partial charge in [-0.05, 0) is 12.1 Å². The molecule has 1 aromatic carbocycles. The molecular formula is C13H14F2N4O3S. The molecule has 1 heterocycles. The molecule has 0 aliphatic carbocycles. The number of benzene rings is 1. The highest BCUT2D eigenvalue weighted by Gasteiger charge is 2.16. The summed E-state index contributed by atoms with van der Waals surface area (Å²) >= 11 is 0. The Morgan fingerprint density at radius 3 is 2.43 bits per heavy atom. The van der Waals surface area contributed by atoms with Crippen molar-refractivity contribution in [3.8, 4) is 11.3 Å². The van der Waals surface area contributed by atoms with Crippen molar-refractivity contribution in [1.82, 2.24) is 14.5 Å². The zero-order chi connectivity index (χ0) is 17.2. The van der Waals surface area contributed by atoms with E-state index in [0.717, 1.165) is 28.8 Å². The molecule has 2 rings (SSSR count). The molecule has 0 aliphatic heterocycles. The topological polar surface area (TPSA) is 95.2 Å². The van der Waals surface area contributed by atoms with Gasteiger partial charge in [0, 0.05) is 24.7 Å². The fraction of sp³-hybridized carbons (Fsp3) is 0.231. The fourth-order valence-corrected chi connectivity index (χ4v) is 2.10. The molecule has 2 N–H and O–H groups in total. The Morgan fingerprint density at radius 2 is 1.87 bits per heavy atom. The first-order valence-electron chi connectivity index (χ1n) is 6.38. The van der Waals surface area contributed by atoms with Crippen molar-refractivity contribution < 1.29 is 22.0 Å². The van der Waals surface area contributed by atoms with Crippen LogP contribution in [0.3, 0.4) is 0 Å². The Hall–Kier alpha value is -2.33. The molecule has 0 radical (unpaired) electrons. The predicted molar refractivity (Wildman–Crippen MR) is 80.0 cm³/mol. The van der Waals surface area contributed by atoms with Crippen LogP contribution in [0.4, 0.5) is 14.6 Å². The second-order valence-electron chi connectivity index (χ2n) is 4.89. The average molecular weight is 344 g/mol. The monoisotopic (exact) mass is 344 g/mol. The lowest BCUT2D eigenvalue weighted by Gasteiger charge is -2.12. The summed E-state index contributed by atoms with van der Waals surface area (Å²) < 4.78 is 49.7. The quantitative estimate of drug-likeness (QED) is 0.852. The van der Waals surface area contributed by atoms with E-state index in [1.807, 2.05) is 0 Å². The Balaban J connectivity index is 2.09. The summed E-state index contributed by atoms with van der Waals surface area (Å²) in [5.74, 6) is -1.97. The van der Waals surface area contributed by atoms with E-state index >= 15 is 0 Å². The minimum absolute atomic E-state index is 0.108. The number of carbonyl (C=O) groups is 1.